The second kappa shape index (κ2) is 22.7. The summed E-state index contributed by atoms with van der Waals surface area (Å²) >= 11 is 0. The average Bonchev–Trinajstić information content (AvgIpc) is 3.38. The maximum atomic E-state index is 13.9. The van der Waals surface area contributed by atoms with E-state index in [4.69, 9.17) is 9.47 Å². The number of benzene rings is 6. The molecule has 0 heterocycles. The Hall–Kier alpha value is -9.70. The second-order valence-electron chi connectivity index (χ2n) is 15.2. The van der Waals surface area contributed by atoms with Crippen LogP contribution in [-0.2, 0) is 19.1 Å². The van der Waals surface area contributed by atoms with Gasteiger partial charge in [-0.15, -0.1) is 0 Å². The number of anilines is 3. The van der Waals surface area contributed by atoms with Gasteiger partial charge >= 0.3 is 11.9 Å². The molecule has 0 aliphatic rings. The van der Waals surface area contributed by atoms with Gasteiger partial charge in [0, 0.05) is 57.5 Å². The van der Waals surface area contributed by atoms with Gasteiger partial charge in [0.05, 0.1) is 22.3 Å². The van der Waals surface area contributed by atoms with Crippen LogP contribution in [0.25, 0.3) is 0 Å². The highest BCUT2D eigenvalue weighted by molar-refractivity contribution is 6.17. The summed E-state index contributed by atoms with van der Waals surface area (Å²) < 4.78 is 10.1. The lowest BCUT2D eigenvalue weighted by Gasteiger charge is -2.13. The van der Waals surface area contributed by atoms with Crippen LogP contribution in [0.3, 0.4) is 0 Å². The molecule has 0 saturated heterocycles. The van der Waals surface area contributed by atoms with Crippen molar-refractivity contribution in [2.75, 3.05) is 36.2 Å². The molecule has 0 radical (unpaired) electrons. The number of carbonyl (C=O) groups is 10. The summed E-state index contributed by atoms with van der Waals surface area (Å²) in [5.41, 5.74) is 2.17. The van der Waals surface area contributed by atoms with Gasteiger partial charge in [0.2, 0.25) is 0 Å². The molecule has 6 aromatic rings. The van der Waals surface area contributed by atoms with Crippen LogP contribution in [0.1, 0.15) is 99.6 Å². The van der Waals surface area contributed by atoms with Gasteiger partial charge in [0.15, 0.2) is 36.3 Å². The zero-order chi connectivity index (χ0) is 50.5. The maximum absolute atomic E-state index is 13.9. The molecule has 4 amide bonds. The quantitative estimate of drug-likeness (QED) is 0.0353. The normalized spacial score (nSPS) is 10.4. The largest absolute Gasteiger partial charge is 0.454 e. The van der Waals surface area contributed by atoms with Crippen LogP contribution in [0.5, 0.6) is 0 Å². The zero-order valence-corrected chi connectivity index (χ0v) is 37.6. The molecule has 6 rings (SSSR count). The van der Waals surface area contributed by atoms with Crippen LogP contribution >= 0.6 is 0 Å². The number of carbonyl (C=O) groups excluding carboxylic acids is 10. The van der Waals surface area contributed by atoms with Crippen LogP contribution < -0.4 is 21.3 Å². The van der Waals surface area contributed by atoms with Crippen molar-refractivity contribution >= 4 is 75.8 Å². The summed E-state index contributed by atoms with van der Waals surface area (Å²) in [7, 11) is 1.30. The third-order valence-corrected chi connectivity index (χ3v) is 10.4. The lowest BCUT2D eigenvalue weighted by atomic mass is 9.95. The van der Waals surface area contributed by atoms with E-state index in [2.05, 4.69) is 34.4 Å². The fourth-order valence-electron chi connectivity index (χ4n) is 6.54. The summed E-state index contributed by atoms with van der Waals surface area (Å²) in [4.78, 5) is 129. The molecule has 6 aromatic carbocycles. The van der Waals surface area contributed by atoms with Crippen molar-refractivity contribution in [2.24, 2.45) is 0 Å². The minimum atomic E-state index is -1.07. The minimum absolute atomic E-state index is 0.0987. The first-order chi connectivity index (χ1) is 33.6. The number of rotatable bonds is 19. The molecule has 0 aliphatic carbocycles. The van der Waals surface area contributed by atoms with E-state index in [1.807, 2.05) is 19.1 Å². The lowest BCUT2D eigenvalue weighted by molar-refractivity contribution is -0.118. The lowest BCUT2D eigenvalue weighted by Crippen LogP contribution is -2.23. The van der Waals surface area contributed by atoms with Crippen molar-refractivity contribution < 1.29 is 57.4 Å². The third-order valence-electron chi connectivity index (χ3n) is 10.4. The first-order valence-electron chi connectivity index (χ1n) is 21.1. The molecule has 0 spiro atoms. The summed E-state index contributed by atoms with van der Waals surface area (Å²) in [6.07, 6.45) is 1.91. The van der Waals surface area contributed by atoms with Gasteiger partial charge in [-0.3, -0.25) is 38.4 Å². The van der Waals surface area contributed by atoms with E-state index < -0.39 is 60.2 Å². The standard InChI is InChI=1S/C54H42N4O12/c1-5-41(59)29-69-53(67)43-25-17-36(27-45(43)51(65)55-4)48(62)37-18-26-44(54(68)70-30-42(60)6-2)46(28-37)52(66)58-40-23-15-35(16-24-40)50(64)57-39-21-13-33(14-22-39)47(61)32-11-19-38(20-12-32)56-49(63)34-9-7-31(3)8-10-34/h5-28H,1-2,29-30H2,3-4H3,(H,55,65)(H,56,63)(H,57,64)(H,58,66). The highest BCUT2D eigenvalue weighted by Crippen LogP contribution is 2.23. The Balaban J connectivity index is 1.14. The summed E-state index contributed by atoms with van der Waals surface area (Å²) in [5, 5.41) is 10.5. The average molecular weight is 939 g/mol. The molecule has 0 aromatic heterocycles. The Kier molecular flexibility index (Phi) is 16.1. The van der Waals surface area contributed by atoms with Crippen LogP contribution in [0, 0.1) is 6.92 Å². The SMILES string of the molecule is C=CC(=O)COC(=O)c1ccc(C(=O)c2ccc(C(=O)OCC(=O)C=C)c(C(=O)Nc3ccc(C(=O)Nc4ccc(C(=O)c5ccc(NC(=O)c6ccc(C)cc6)cc5)cc4)cc3)c2)cc1C(=O)NC. The van der Waals surface area contributed by atoms with Crippen molar-refractivity contribution in [1.82, 2.24) is 5.32 Å². The molecule has 0 unspecified atom stereocenters. The Bertz CT molecular complexity index is 3100. The van der Waals surface area contributed by atoms with Gasteiger partial charge < -0.3 is 30.7 Å². The van der Waals surface area contributed by atoms with Crippen molar-refractivity contribution in [3.05, 3.63) is 220 Å². The minimum Gasteiger partial charge on any atom is -0.454 e. The molecule has 16 nitrogen and oxygen atoms in total. The van der Waals surface area contributed by atoms with Gasteiger partial charge in [-0.05, 0) is 128 Å². The summed E-state index contributed by atoms with van der Waals surface area (Å²) in [5.74, 6) is -6.72. The van der Waals surface area contributed by atoms with Crippen LogP contribution in [-0.4, -0.2) is 79.0 Å². The van der Waals surface area contributed by atoms with Crippen LogP contribution in [0.15, 0.2) is 159 Å². The van der Waals surface area contributed by atoms with E-state index in [9.17, 15) is 47.9 Å². The van der Waals surface area contributed by atoms with Gasteiger partial charge in [-0.1, -0.05) is 43.0 Å². The fraction of sp³-hybridized carbons (Fsp3) is 0.0741. The van der Waals surface area contributed by atoms with Crippen LogP contribution in [0.4, 0.5) is 17.1 Å². The molecular weight excluding hydrogens is 897 g/mol. The van der Waals surface area contributed by atoms with Crippen LogP contribution in [0.2, 0.25) is 0 Å². The number of ether oxygens (including phenoxy) is 2. The van der Waals surface area contributed by atoms with Crippen molar-refractivity contribution in [2.45, 2.75) is 6.92 Å². The Labute approximate surface area is 400 Å². The van der Waals surface area contributed by atoms with Gasteiger partial charge in [-0.2, -0.15) is 0 Å². The molecule has 0 atom stereocenters. The highest BCUT2D eigenvalue weighted by atomic mass is 16.5. The van der Waals surface area contributed by atoms with E-state index in [-0.39, 0.29) is 56.3 Å². The number of nitrogens with one attached hydrogen (secondary N) is 4. The van der Waals surface area contributed by atoms with Crippen molar-refractivity contribution in [1.29, 1.82) is 0 Å². The monoisotopic (exact) mass is 938 g/mol. The number of aryl methyl sites for hydroxylation is 1. The van der Waals surface area contributed by atoms with Gasteiger partial charge in [0.1, 0.15) is 0 Å². The van der Waals surface area contributed by atoms with E-state index in [0.29, 0.717) is 28.1 Å². The number of ketones is 4. The molecule has 0 bridgehead atoms. The third kappa shape index (κ3) is 12.4. The predicted octanol–water partition coefficient (Wildman–Crippen LogP) is 7.40. The molecule has 0 fully saturated rings. The summed E-state index contributed by atoms with van der Waals surface area (Å²) in [6, 6.07) is 32.5. The predicted molar refractivity (Wildman–Crippen MR) is 258 cm³/mol. The van der Waals surface area contributed by atoms with E-state index in [0.717, 1.165) is 42.0 Å². The molecule has 4 N–H and O–H groups in total. The Morgan fingerprint density at radius 1 is 0.414 bits per heavy atom. The molecular formula is C54H42N4O12. The van der Waals surface area contributed by atoms with Crippen molar-refractivity contribution in [3.63, 3.8) is 0 Å². The van der Waals surface area contributed by atoms with Gasteiger partial charge in [0.25, 0.3) is 23.6 Å². The summed E-state index contributed by atoms with van der Waals surface area (Å²) in [6.45, 7) is 7.27. The first kappa shape index (κ1) is 49.7. The molecule has 0 saturated carbocycles. The molecule has 70 heavy (non-hydrogen) atoms. The zero-order valence-electron chi connectivity index (χ0n) is 37.6. The number of esters is 2. The fourth-order valence-corrected chi connectivity index (χ4v) is 6.54. The van der Waals surface area contributed by atoms with E-state index in [1.54, 1.807) is 60.7 Å². The Morgan fingerprint density at radius 2 is 0.743 bits per heavy atom. The van der Waals surface area contributed by atoms with E-state index in [1.165, 1.54) is 43.4 Å². The molecule has 16 heteroatoms. The van der Waals surface area contributed by atoms with E-state index >= 15 is 0 Å². The maximum Gasteiger partial charge on any atom is 0.339 e. The second-order valence-corrected chi connectivity index (χ2v) is 15.2. The number of hydrogen-bond donors (Lipinski definition) is 4. The Morgan fingerprint density at radius 3 is 1.13 bits per heavy atom. The number of amides is 4. The molecule has 350 valence electrons. The topological polar surface area (TPSA) is 237 Å². The van der Waals surface area contributed by atoms with Gasteiger partial charge in [-0.25, -0.2) is 9.59 Å². The van der Waals surface area contributed by atoms with Crippen molar-refractivity contribution in [3.8, 4) is 0 Å². The smallest absolute Gasteiger partial charge is 0.339 e. The number of hydrogen-bond acceptors (Lipinski definition) is 12. The first-order valence-corrected chi connectivity index (χ1v) is 21.1. The molecule has 0 aliphatic heterocycles. The highest BCUT2D eigenvalue weighted by Gasteiger charge is 2.25.